The van der Waals surface area contributed by atoms with E-state index in [1.54, 1.807) is 17.0 Å². The molecule has 0 aliphatic heterocycles. The summed E-state index contributed by atoms with van der Waals surface area (Å²) in [6.45, 7) is 0.809. The number of hydrogen-bond donors (Lipinski definition) is 1. The molecule has 1 aromatic heterocycles. The molecular weight excluding hydrogens is 475 g/mol. The number of halogens is 1. The monoisotopic (exact) mass is 494 g/mol. The van der Waals surface area contributed by atoms with E-state index in [2.05, 4.69) is 32.3 Å². The molecular formula is C19H20AsBrN2O2S. The number of phenols is 1. The van der Waals surface area contributed by atoms with Gasteiger partial charge < -0.3 is 0 Å². The van der Waals surface area contributed by atoms with E-state index < -0.39 is 14.7 Å². The zero-order valence-corrected chi connectivity index (χ0v) is 19.1. The van der Waals surface area contributed by atoms with E-state index in [-0.39, 0.29) is 11.7 Å². The van der Waals surface area contributed by atoms with Gasteiger partial charge in [-0.2, -0.15) is 0 Å². The van der Waals surface area contributed by atoms with Gasteiger partial charge >= 0.3 is 149 Å². The van der Waals surface area contributed by atoms with Gasteiger partial charge in [-0.05, 0) is 6.07 Å². The maximum absolute atomic E-state index is 12.7. The number of benzene rings is 2. The van der Waals surface area contributed by atoms with Crippen molar-refractivity contribution in [2.45, 2.75) is 16.6 Å². The first kappa shape index (κ1) is 19.4. The van der Waals surface area contributed by atoms with Crippen molar-refractivity contribution in [3.8, 4) is 16.3 Å². The summed E-state index contributed by atoms with van der Waals surface area (Å²) >= 11 is 4.17. The van der Waals surface area contributed by atoms with E-state index in [0.717, 1.165) is 31.5 Å². The average molecular weight is 495 g/mol. The van der Waals surface area contributed by atoms with Crippen LogP contribution in [-0.2, 0) is 0 Å². The fraction of sp³-hybridized carbons (Fsp3) is 0.263. The summed E-state index contributed by atoms with van der Waals surface area (Å²) < 4.78 is 1.83. The van der Waals surface area contributed by atoms with Crippen molar-refractivity contribution in [1.82, 2.24) is 9.88 Å². The molecule has 0 spiro atoms. The molecule has 2 aromatic carbocycles. The Morgan fingerprint density at radius 2 is 2.04 bits per heavy atom. The normalized spacial score (nSPS) is 11.3. The molecule has 0 bridgehead atoms. The molecule has 1 N–H and O–H groups in total. The Labute approximate surface area is 170 Å². The van der Waals surface area contributed by atoms with Crippen LogP contribution in [0.25, 0.3) is 20.8 Å². The minimum atomic E-state index is -0.734. The Morgan fingerprint density at radius 1 is 1.27 bits per heavy atom. The standard InChI is InChI=1S/C19H20AsBrN2O2S/c1-20(2)8-9-23(3)19(25)12-4-6-15-17(10-12)26-18(22-15)14-11-13(21)5-7-16(14)24/h4-7,10-11,24H,8-9H2,1-3H3. The Morgan fingerprint density at radius 3 is 2.77 bits per heavy atom. The molecule has 0 fully saturated rings. The molecule has 3 aromatic rings. The molecule has 4 nitrogen and oxygen atoms in total. The number of aromatic hydroxyl groups is 1. The van der Waals surface area contributed by atoms with Crippen LogP contribution < -0.4 is 0 Å². The summed E-state index contributed by atoms with van der Waals surface area (Å²) in [5.41, 5.74) is 6.80. The van der Waals surface area contributed by atoms with Crippen LogP contribution in [0.5, 0.6) is 5.75 Å². The predicted octanol–water partition coefficient (Wildman–Crippen LogP) is 5.26. The number of phenolic OH excluding ortho intramolecular Hbond substituents is 1. The molecule has 0 aliphatic rings. The summed E-state index contributed by atoms with van der Waals surface area (Å²) in [5, 5.41) is 12.0. The fourth-order valence-electron chi connectivity index (χ4n) is 2.52. The molecule has 0 radical (unpaired) electrons. The van der Waals surface area contributed by atoms with Gasteiger partial charge in [0.2, 0.25) is 0 Å². The maximum atomic E-state index is 12.7. The number of nitrogens with zero attached hydrogens (tertiary/aromatic N) is 2. The van der Waals surface area contributed by atoms with Gasteiger partial charge in [0, 0.05) is 0 Å². The van der Waals surface area contributed by atoms with Crippen molar-refractivity contribution >= 4 is 58.0 Å². The number of carbonyl (C=O) groups excluding carboxylic acids is 1. The second-order valence-electron chi connectivity index (χ2n) is 6.39. The van der Waals surface area contributed by atoms with Crippen LogP contribution in [-0.4, -0.2) is 49.1 Å². The summed E-state index contributed by atoms with van der Waals surface area (Å²) in [7, 11) is 1.86. The third-order valence-corrected chi connectivity index (χ3v) is 7.89. The Bertz CT molecular complexity index is 958. The van der Waals surface area contributed by atoms with Gasteiger partial charge in [-0.25, -0.2) is 0 Å². The molecule has 0 saturated carbocycles. The SMILES string of the molecule is CN(CC[As](C)C)C(=O)c1ccc2nc(-c3cc(Br)ccc3O)sc2c1. The van der Waals surface area contributed by atoms with E-state index in [1.807, 2.05) is 31.3 Å². The molecule has 0 unspecified atom stereocenters. The number of fused-ring (bicyclic) bond motifs is 1. The summed E-state index contributed by atoms with van der Waals surface area (Å²) in [6, 6.07) is 10.9. The number of carbonyl (C=O) groups is 1. The van der Waals surface area contributed by atoms with Crippen LogP contribution in [0, 0.1) is 0 Å². The van der Waals surface area contributed by atoms with Gasteiger partial charge in [0.25, 0.3) is 0 Å². The number of hydrogen-bond acceptors (Lipinski definition) is 4. The van der Waals surface area contributed by atoms with E-state index >= 15 is 0 Å². The van der Waals surface area contributed by atoms with Gasteiger partial charge in [-0.3, -0.25) is 0 Å². The average Bonchev–Trinajstić information content (AvgIpc) is 3.03. The second kappa shape index (κ2) is 8.11. The molecule has 3 rings (SSSR count). The Balaban J connectivity index is 1.90. The molecule has 7 heteroatoms. The minimum absolute atomic E-state index is 0.0444. The molecule has 136 valence electrons. The molecule has 0 saturated heterocycles. The zero-order chi connectivity index (χ0) is 18.8. The van der Waals surface area contributed by atoms with Crippen LogP contribution in [0.3, 0.4) is 0 Å². The second-order valence-corrected chi connectivity index (χ2v) is 13.8. The van der Waals surface area contributed by atoms with Crippen LogP contribution in [0.2, 0.25) is 16.6 Å². The topological polar surface area (TPSA) is 53.4 Å². The molecule has 0 atom stereocenters. The third kappa shape index (κ3) is 4.30. The fourth-order valence-corrected chi connectivity index (χ4v) is 5.38. The quantitative estimate of drug-likeness (QED) is 0.492. The van der Waals surface area contributed by atoms with Crippen LogP contribution in [0.4, 0.5) is 0 Å². The van der Waals surface area contributed by atoms with Crippen molar-refractivity contribution in [2.75, 3.05) is 13.6 Å². The van der Waals surface area contributed by atoms with Gasteiger partial charge in [-0.15, -0.1) is 0 Å². The first-order valence-electron chi connectivity index (χ1n) is 8.15. The van der Waals surface area contributed by atoms with Crippen molar-refractivity contribution in [2.24, 2.45) is 0 Å². The van der Waals surface area contributed by atoms with Gasteiger partial charge in [0.15, 0.2) is 0 Å². The number of amides is 1. The van der Waals surface area contributed by atoms with Crippen molar-refractivity contribution in [1.29, 1.82) is 0 Å². The van der Waals surface area contributed by atoms with E-state index in [1.165, 1.54) is 11.3 Å². The van der Waals surface area contributed by atoms with Crippen molar-refractivity contribution < 1.29 is 9.90 Å². The van der Waals surface area contributed by atoms with Gasteiger partial charge in [-0.1, -0.05) is 15.9 Å². The zero-order valence-electron chi connectivity index (χ0n) is 14.9. The van der Waals surface area contributed by atoms with Crippen LogP contribution in [0.15, 0.2) is 40.9 Å². The third-order valence-electron chi connectivity index (χ3n) is 4.05. The molecule has 1 amide bonds. The number of thiazole rings is 1. The van der Waals surface area contributed by atoms with E-state index in [4.69, 9.17) is 0 Å². The Kier molecular flexibility index (Phi) is 6.06. The molecule has 26 heavy (non-hydrogen) atoms. The summed E-state index contributed by atoms with van der Waals surface area (Å²) in [4.78, 5) is 19.1. The first-order valence-corrected chi connectivity index (χ1v) is 14.8. The van der Waals surface area contributed by atoms with E-state index in [0.29, 0.717) is 11.1 Å². The first-order chi connectivity index (χ1) is 12.3. The van der Waals surface area contributed by atoms with Gasteiger partial charge in [0.1, 0.15) is 0 Å². The number of rotatable bonds is 5. The summed E-state index contributed by atoms with van der Waals surface area (Å²) in [6.07, 6.45) is 0. The predicted molar refractivity (Wildman–Crippen MR) is 114 cm³/mol. The Hall–Kier alpha value is -1.36. The van der Waals surface area contributed by atoms with Crippen molar-refractivity contribution in [3.05, 3.63) is 46.4 Å². The van der Waals surface area contributed by atoms with Crippen molar-refractivity contribution in [3.63, 3.8) is 0 Å². The number of aromatic nitrogens is 1. The molecule has 1 heterocycles. The van der Waals surface area contributed by atoms with E-state index in [9.17, 15) is 9.90 Å². The van der Waals surface area contributed by atoms with Crippen LogP contribution in [0.1, 0.15) is 10.4 Å². The van der Waals surface area contributed by atoms with Crippen LogP contribution >= 0.6 is 27.3 Å². The molecule has 0 aliphatic carbocycles. The van der Waals surface area contributed by atoms with Gasteiger partial charge in [0.05, 0.1) is 0 Å². The summed E-state index contributed by atoms with van der Waals surface area (Å²) in [5.74, 6) is 0.240.